The molecule has 1 atom stereocenters. The minimum Gasteiger partial charge on any atom is -0.360 e. The molecule has 1 saturated carbocycles. The molecule has 2 aliphatic heterocycles. The average molecular weight is 467 g/mol. The Hall–Kier alpha value is -3.07. The number of benzene rings is 1. The van der Waals surface area contributed by atoms with E-state index in [1.165, 1.54) is 12.1 Å². The highest BCUT2D eigenvalue weighted by Crippen LogP contribution is 2.49. The monoisotopic (exact) mass is 466 g/mol. The fourth-order valence-electron chi connectivity index (χ4n) is 5.05. The molecule has 3 heterocycles. The Balaban J connectivity index is 1.51. The first kappa shape index (κ1) is 22.7. The van der Waals surface area contributed by atoms with Crippen LogP contribution in [0.5, 0.6) is 0 Å². The normalized spacial score (nSPS) is 21.5. The Morgan fingerprint density at radius 2 is 1.82 bits per heavy atom. The van der Waals surface area contributed by atoms with Crippen LogP contribution in [-0.2, 0) is 21.7 Å². The van der Waals surface area contributed by atoms with Gasteiger partial charge >= 0.3 is 0 Å². The smallest absolute Gasteiger partial charge is 0.227 e. The van der Waals surface area contributed by atoms with Crippen molar-refractivity contribution in [3.8, 4) is 0 Å². The Morgan fingerprint density at radius 1 is 1.15 bits per heavy atom. The Morgan fingerprint density at radius 3 is 2.38 bits per heavy atom. The average Bonchev–Trinajstić information content (AvgIpc) is 3.50. The lowest BCUT2D eigenvalue weighted by molar-refractivity contribution is -0.129. The molecule has 0 spiro atoms. The molecule has 5 rings (SSSR count). The second kappa shape index (κ2) is 8.61. The van der Waals surface area contributed by atoms with Crippen molar-refractivity contribution in [3.05, 3.63) is 46.9 Å². The van der Waals surface area contributed by atoms with Gasteiger partial charge in [0.1, 0.15) is 24.0 Å². The van der Waals surface area contributed by atoms with E-state index in [9.17, 15) is 14.0 Å². The summed E-state index contributed by atoms with van der Waals surface area (Å²) in [6, 6.07) is 6.39. The zero-order valence-electron chi connectivity index (χ0n) is 19.9. The number of rotatable bonds is 6. The topological polar surface area (TPSA) is 81.7 Å². The highest BCUT2D eigenvalue weighted by Gasteiger charge is 2.46. The minimum absolute atomic E-state index is 0.0699. The molecule has 0 bridgehead atoms. The Labute approximate surface area is 199 Å². The van der Waals surface area contributed by atoms with E-state index in [2.05, 4.69) is 29.0 Å². The number of carbonyl (C=O) groups excluding carboxylic acids is 2. The molecular formula is C25H31FN6O2. The fourth-order valence-corrected chi connectivity index (χ4v) is 5.05. The standard InChI is InChI=1S/C25H31FN6O2/c1-16(2)32-14-20-22(21(32)15-33)27-24(31-12-10-30(11-13-31)17(3)34)28-23(20)29-25(8-9-25)18-4-6-19(26)7-5-18/h4-7,15-16,21H,8-14H2,1-3H3,(H,27,28,29). The molecule has 2 fully saturated rings. The minimum atomic E-state index is -0.420. The molecule has 1 aliphatic carbocycles. The lowest BCUT2D eigenvalue weighted by Crippen LogP contribution is -2.48. The van der Waals surface area contributed by atoms with Crippen molar-refractivity contribution < 1.29 is 14.0 Å². The summed E-state index contributed by atoms with van der Waals surface area (Å²) in [7, 11) is 0. The van der Waals surface area contributed by atoms with Crippen molar-refractivity contribution in [3.63, 3.8) is 0 Å². The van der Waals surface area contributed by atoms with Crippen LogP contribution in [0.4, 0.5) is 16.2 Å². The van der Waals surface area contributed by atoms with Crippen LogP contribution >= 0.6 is 0 Å². The van der Waals surface area contributed by atoms with Gasteiger partial charge in [-0.15, -0.1) is 0 Å². The van der Waals surface area contributed by atoms with E-state index in [1.807, 2.05) is 17.0 Å². The number of nitrogens with zero attached hydrogens (tertiary/aromatic N) is 5. The number of fused-ring (bicyclic) bond motifs is 1. The molecule has 1 aromatic heterocycles. The van der Waals surface area contributed by atoms with Crippen LogP contribution in [0, 0.1) is 5.82 Å². The lowest BCUT2D eigenvalue weighted by Gasteiger charge is -2.34. The van der Waals surface area contributed by atoms with Gasteiger partial charge in [0, 0.05) is 51.3 Å². The van der Waals surface area contributed by atoms with Gasteiger partial charge in [-0.2, -0.15) is 4.98 Å². The summed E-state index contributed by atoms with van der Waals surface area (Å²) in [5, 5.41) is 3.67. The van der Waals surface area contributed by atoms with Crippen molar-refractivity contribution in [2.45, 2.75) is 57.8 Å². The number of anilines is 2. The second-order valence-electron chi connectivity index (χ2n) is 9.79. The highest BCUT2D eigenvalue weighted by atomic mass is 19.1. The maximum atomic E-state index is 13.5. The molecule has 1 amide bonds. The lowest BCUT2D eigenvalue weighted by atomic mass is 10.0. The molecule has 1 N–H and O–H groups in total. The number of piperazine rings is 1. The first-order valence-electron chi connectivity index (χ1n) is 12.0. The van der Waals surface area contributed by atoms with Gasteiger partial charge in [-0.05, 0) is 44.4 Å². The predicted molar refractivity (Wildman–Crippen MR) is 127 cm³/mol. The summed E-state index contributed by atoms with van der Waals surface area (Å²) in [4.78, 5) is 39.8. The second-order valence-corrected chi connectivity index (χ2v) is 9.79. The third kappa shape index (κ3) is 4.02. The fraction of sp³-hybridized carbons (Fsp3) is 0.520. The first-order valence-corrected chi connectivity index (χ1v) is 12.0. The van der Waals surface area contributed by atoms with E-state index in [4.69, 9.17) is 9.97 Å². The molecular weight excluding hydrogens is 435 g/mol. The van der Waals surface area contributed by atoms with Crippen molar-refractivity contribution in [2.24, 2.45) is 0 Å². The quantitative estimate of drug-likeness (QED) is 0.656. The largest absolute Gasteiger partial charge is 0.360 e. The number of hydrogen-bond acceptors (Lipinski definition) is 7. The maximum Gasteiger partial charge on any atom is 0.227 e. The summed E-state index contributed by atoms with van der Waals surface area (Å²) in [6.07, 6.45) is 2.82. The summed E-state index contributed by atoms with van der Waals surface area (Å²) >= 11 is 0. The van der Waals surface area contributed by atoms with Crippen LogP contribution in [0.25, 0.3) is 0 Å². The van der Waals surface area contributed by atoms with E-state index < -0.39 is 6.04 Å². The molecule has 0 radical (unpaired) electrons. The van der Waals surface area contributed by atoms with Gasteiger partial charge in [-0.1, -0.05) is 12.1 Å². The van der Waals surface area contributed by atoms with Crippen molar-refractivity contribution in [2.75, 3.05) is 36.4 Å². The molecule has 1 aromatic carbocycles. The van der Waals surface area contributed by atoms with Gasteiger partial charge in [0.05, 0.1) is 11.2 Å². The van der Waals surface area contributed by atoms with Crippen LogP contribution in [0.3, 0.4) is 0 Å². The van der Waals surface area contributed by atoms with Gasteiger partial charge in [0.2, 0.25) is 11.9 Å². The molecule has 1 unspecified atom stereocenters. The van der Waals surface area contributed by atoms with E-state index in [1.54, 1.807) is 6.92 Å². The van der Waals surface area contributed by atoms with Crippen LogP contribution in [0.15, 0.2) is 24.3 Å². The molecule has 1 saturated heterocycles. The number of aldehydes is 1. The first-order chi connectivity index (χ1) is 16.3. The predicted octanol–water partition coefficient (Wildman–Crippen LogP) is 2.85. The molecule has 34 heavy (non-hydrogen) atoms. The SMILES string of the molecule is CC(=O)N1CCN(c2nc(NC3(c4ccc(F)cc4)CC3)c3c(n2)C(C=O)N(C(C)C)C3)CC1. The van der Waals surface area contributed by atoms with E-state index in [-0.39, 0.29) is 23.3 Å². The van der Waals surface area contributed by atoms with Crippen LogP contribution in [-0.4, -0.2) is 64.2 Å². The number of halogens is 1. The van der Waals surface area contributed by atoms with Gasteiger partial charge < -0.3 is 19.9 Å². The van der Waals surface area contributed by atoms with Crippen LogP contribution in [0.2, 0.25) is 0 Å². The van der Waals surface area contributed by atoms with Gasteiger partial charge in [-0.3, -0.25) is 9.69 Å². The van der Waals surface area contributed by atoms with Crippen LogP contribution < -0.4 is 10.2 Å². The number of hydrogen-bond donors (Lipinski definition) is 1. The zero-order valence-corrected chi connectivity index (χ0v) is 19.9. The van der Waals surface area contributed by atoms with Crippen LogP contribution in [0.1, 0.15) is 56.5 Å². The van der Waals surface area contributed by atoms with E-state index in [0.29, 0.717) is 38.7 Å². The van der Waals surface area contributed by atoms with Crippen molar-refractivity contribution in [1.29, 1.82) is 0 Å². The number of aromatic nitrogens is 2. The van der Waals surface area contributed by atoms with Crippen molar-refractivity contribution >= 4 is 24.0 Å². The third-order valence-corrected chi connectivity index (χ3v) is 7.31. The molecule has 9 heteroatoms. The molecule has 3 aliphatic rings. The Bertz CT molecular complexity index is 1090. The molecule has 8 nitrogen and oxygen atoms in total. The summed E-state index contributed by atoms with van der Waals surface area (Å²) in [6.45, 7) is 8.85. The van der Waals surface area contributed by atoms with E-state index >= 15 is 0 Å². The number of carbonyl (C=O) groups is 2. The molecule has 2 aromatic rings. The highest BCUT2D eigenvalue weighted by molar-refractivity contribution is 5.73. The number of nitrogens with one attached hydrogen (secondary N) is 1. The third-order valence-electron chi connectivity index (χ3n) is 7.31. The number of amides is 1. The van der Waals surface area contributed by atoms with Gasteiger partial charge in [-0.25, -0.2) is 9.37 Å². The van der Waals surface area contributed by atoms with Gasteiger partial charge in [0.25, 0.3) is 0 Å². The Kier molecular flexibility index (Phi) is 5.75. The maximum absolute atomic E-state index is 13.5. The van der Waals surface area contributed by atoms with Crippen molar-refractivity contribution in [1.82, 2.24) is 19.8 Å². The molecule has 180 valence electrons. The van der Waals surface area contributed by atoms with E-state index in [0.717, 1.165) is 41.8 Å². The van der Waals surface area contributed by atoms with Gasteiger partial charge in [0.15, 0.2) is 0 Å². The summed E-state index contributed by atoms with van der Waals surface area (Å²) in [5.41, 5.74) is 2.44. The summed E-state index contributed by atoms with van der Waals surface area (Å²) in [5.74, 6) is 1.14. The summed E-state index contributed by atoms with van der Waals surface area (Å²) < 4.78 is 13.5. The zero-order chi connectivity index (χ0) is 24.0.